The van der Waals surface area contributed by atoms with Crippen molar-refractivity contribution in [3.8, 4) is 0 Å². The fraction of sp³-hybridized carbons (Fsp3) is 0.973. The summed E-state index contributed by atoms with van der Waals surface area (Å²) in [6, 6.07) is -0.541. The molecule has 2 unspecified atom stereocenters. The molecule has 0 aliphatic carbocycles. The summed E-state index contributed by atoms with van der Waals surface area (Å²) < 4.78 is 5.50. The highest BCUT2D eigenvalue weighted by molar-refractivity contribution is 5.76. The van der Waals surface area contributed by atoms with Gasteiger partial charge in [0.2, 0.25) is 5.91 Å². The first kappa shape index (κ1) is 77.9. The number of carbonyl (C=O) groups is 2. The van der Waals surface area contributed by atoms with Crippen molar-refractivity contribution >= 4 is 11.9 Å². The maximum absolute atomic E-state index is 12.6. The van der Waals surface area contributed by atoms with E-state index in [0.717, 1.165) is 38.5 Å². The lowest BCUT2D eigenvalue weighted by molar-refractivity contribution is -0.143. The van der Waals surface area contributed by atoms with Crippen LogP contribution in [0.4, 0.5) is 0 Å². The molecule has 0 saturated carbocycles. The number of aliphatic hydroxyl groups is 2. The summed E-state index contributed by atoms with van der Waals surface area (Å²) in [6.45, 7) is 5.01. The van der Waals surface area contributed by atoms with Crippen LogP contribution in [0.15, 0.2) is 0 Å². The number of hydrogen-bond acceptors (Lipinski definition) is 5. The van der Waals surface area contributed by atoms with Crippen LogP contribution < -0.4 is 5.32 Å². The number of amides is 1. The molecule has 0 heterocycles. The summed E-state index contributed by atoms with van der Waals surface area (Å²) in [5, 5.41) is 23.5. The van der Waals surface area contributed by atoms with E-state index in [1.165, 1.54) is 360 Å². The van der Waals surface area contributed by atoms with Crippen LogP contribution in [-0.2, 0) is 14.3 Å². The van der Waals surface area contributed by atoms with Gasteiger partial charge in [0.05, 0.1) is 25.4 Å². The quantitative estimate of drug-likeness (QED) is 0.0417. The van der Waals surface area contributed by atoms with Gasteiger partial charge < -0.3 is 20.3 Å². The van der Waals surface area contributed by atoms with E-state index in [1.807, 2.05) is 0 Å². The Balaban J connectivity index is 3.36. The van der Waals surface area contributed by atoms with Gasteiger partial charge in [0.15, 0.2) is 0 Å². The van der Waals surface area contributed by atoms with Crippen LogP contribution in [0.1, 0.15) is 431 Å². The molecule has 472 valence electrons. The van der Waals surface area contributed by atoms with Crippen LogP contribution in [0.25, 0.3) is 0 Å². The van der Waals surface area contributed by atoms with Crippen LogP contribution in [0, 0.1) is 0 Å². The Morgan fingerprint density at radius 2 is 0.519 bits per heavy atom. The number of hydrogen-bond donors (Lipinski definition) is 3. The smallest absolute Gasteiger partial charge is 0.305 e. The summed E-state index contributed by atoms with van der Waals surface area (Å²) in [4.78, 5) is 24.6. The minimum atomic E-state index is -0.664. The lowest BCUT2D eigenvalue weighted by Crippen LogP contribution is -2.45. The third-order valence-electron chi connectivity index (χ3n) is 17.7. The predicted molar refractivity (Wildman–Crippen MR) is 347 cm³/mol. The fourth-order valence-electron chi connectivity index (χ4n) is 12.1. The summed E-state index contributed by atoms with van der Waals surface area (Å²) in [5.41, 5.74) is 0. The Kier molecular flexibility index (Phi) is 68.4. The van der Waals surface area contributed by atoms with Gasteiger partial charge in [-0.2, -0.15) is 0 Å². The van der Waals surface area contributed by atoms with Gasteiger partial charge in [-0.05, 0) is 25.7 Å². The minimum absolute atomic E-state index is 0.0190. The lowest BCUT2D eigenvalue weighted by atomic mass is 10.0. The molecule has 0 radical (unpaired) electrons. The van der Waals surface area contributed by atoms with Crippen molar-refractivity contribution in [1.29, 1.82) is 0 Å². The van der Waals surface area contributed by atoms with Gasteiger partial charge in [-0.3, -0.25) is 9.59 Å². The number of aliphatic hydroxyl groups excluding tert-OH is 2. The number of unbranched alkanes of at least 4 members (excludes halogenated alkanes) is 59. The van der Waals surface area contributed by atoms with Crippen molar-refractivity contribution in [2.45, 2.75) is 443 Å². The largest absolute Gasteiger partial charge is 0.466 e. The molecular formula is C73H145NO5. The second kappa shape index (κ2) is 69.4. The number of nitrogens with one attached hydrogen (secondary N) is 1. The van der Waals surface area contributed by atoms with Crippen molar-refractivity contribution in [3.05, 3.63) is 0 Å². The van der Waals surface area contributed by atoms with Gasteiger partial charge in [0.25, 0.3) is 0 Å². The number of esters is 1. The molecule has 79 heavy (non-hydrogen) atoms. The van der Waals surface area contributed by atoms with E-state index >= 15 is 0 Å². The van der Waals surface area contributed by atoms with Crippen LogP contribution in [-0.4, -0.2) is 47.4 Å². The molecule has 0 spiro atoms. The first-order chi connectivity index (χ1) is 39.0. The molecule has 0 bridgehead atoms. The molecule has 3 N–H and O–H groups in total. The van der Waals surface area contributed by atoms with Gasteiger partial charge in [-0.25, -0.2) is 0 Å². The maximum atomic E-state index is 12.6. The Morgan fingerprint density at radius 3 is 0.772 bits per heavy atom. The fourth-order valence-corrected chi connectivity index (χ4v) is 12.1. The Bertz CT molecular complexity index is 1150. The van der Waals surface area contributed by atoms with Gasteiger partial charge in [-0.1, -0.05) is 393 Å². The van der Waals surface area contributed by atoms with Gasteiger partial charge in [0.1, 0.15) is 0 Å². The van der Waals surface area contributed by atoms with E-state index < -0.39 is 12.1 Å². The highest BCUT2D eigenvalue weighted by Gasteiger charge is 2.20. The molecule has 6 heteroatoms. The number of ether oxygens (including phenoxy) is 1. The zero-order chi connectivity index (χ0) is 57.1. The molecule has 0 saturated heterocycles. The van der Waals surface area contributed by atoms with E-state index in [0.29, 0.717) is 25.9 Å². The summed E-state index contributed by atoms with van der Waals surface area (Å²) >= 11 is 0. The van der Waals surface area contributed by atoms with Crippen LogP contribution in [0.3, 0.4) is 0 Å². The van der Waals surface area contributed by atoms with Gasteiger partial charge in [-0.15, -0.1) is 0 Å². The van der Waals surface area contributed by atoms with E-state index in [4.69, 9.17) is 4.74 Å². The summed E-state index contributed by atoms with van der Waals surface area (Å²) in [6.07, 6.45) is 84.4. The van der Waals surface area contributed by atoms with Crippen LogP contribution >= 0.6 is 0 Å². The molecule has 0 fully saturated rings. The molecule has 0 aromatic carbocycles. The van der Waals surface area contributed by atoms with E-state index in [9.17, 15) is 19.8 Å². The maximum Gasteiger partial charge on any atom is 0.305 e. The zero-order valence-corrected chi connectivity index (χ0v) is 54.2. The standard InChI is InChI=1S/C73H145NO5/c1-3-5-7-9-11-13-15-17-19-20-21-22-23-25-28-31-34-38-41-45-49-53-57-61-65-71(76)70(69-75)74-72(77)66-62-58-54-50-46-42-39-35-32-29-26-24-27-30-33-36-40-44-48-52-56-60-64-68-79-73(78)67-63-59-55-51-47-43-37-18-16-14-12-10-8-6-4-2/h70-71,75-76H,3-69H2,1-2H3,(H,74,77). The first-order valence-corrected chi connectivity index (χ1v) is 36.8. The molecule has 0 aromatic heterocycles. The second-order valence-corrected chi connectivity index (χ2v) is 25.6. The predicted octanol–water partition coefficient (Wildman–Crippen LogP) is 23.8. The first-order valence-electron chi connectivity index (χ1n) is 36.8. The molecule has 0 rings (SSSR count). The topological polar surface area (TPSA) is 95.9 Å². The molecule has 6 nitrogen and oxygen atoms in total. The molecule has 0 aliphatic rings. The van der Waals surface area contributed by atoms with Crippen molar-refractivity contribution in [2.24, 2.45) is 0 Å². The monoisotopic (exact) mass is 1120 g/mol. The minimum Gasteiger partial charge on any atom is -0.466 e. The zero-order valence-electron chi connectivity index (χ0n) is 54.2. The van der Waals surface area contributed by atoms with Crippen LogP contribution in [0.2, 0.25) is 0 Å². The average molecular weight is 1120 g/mol. The SMILES string of the molecule is CCCCCCCCCCCCCCCCCCCCCCCCCCC(O)C(CO)NC(=O)CCCCCCCCCCCCCCCCCCCCCCCCCOC(=O)CCCCCCCCCCCCCCCCC. The van der Waals surface area contributed by atoms with E-state index in [2.05, 4.69) is 19.2 Å². The number of carbonyl (C=O) groups excluding carboxylic acids is 2. The highest BCUT2D eigenvalue weighted by Crippen LogP contribution is 2.20. The lowest BCUT2D eigenvalue weighted by Gasteiger charge is -2.22. The van der Waals surface area contributed by atoms with Gasteiger partial charge >= 0.3 is 5.97 Å². The molecule has 0 aromatic rings. The molecule has 0 aliphatic heterocycles. The average Bonchev–Trinajstić information content (AvgIpc) is 3.45. The van der Waals surface area contributed by atoms with Crippen LogP contribution in [0.5, 0.6) is 0 Å². The van der Waals surface area contributed by atoms with Crippen molar-refractivity contribution in [3.63, 3.8) is 0 Å². The normalized spacial score (nSPS) is 12.4. The van der Waals surface area contributed by atoms with Crippen molar-refractivity contribution in [1.82, 2.24) is 5.32 Å². The molecule has 1 amide bonds. The molecule has 2 atom stereocenters. The Morgan fingerprint density at radius 1 is 0.304 bits per heavy atom. The second-order valence-electron chi connectivity index (χ2n) is 25.6. The van der Waals surface area contributed by atoms with E-state index in [1.54, 1.807) is 0 Å². The van der Waals surface area contributed by atoms with Gasteiger partial charge in [0, 0.05) is 12.8 Å². The third-order valence-corrected chi connectivity index (χ3v) is 17.7. The van der Waals surface area contributed by atoms with E-state index in [-0.39, 0.29) is 18.5 Å². The summed E-state index contributed by atoms with van der Waals surface area (Å²) in [5.74, 6) is -0.00920. The molecular weight excluding hydrogens is 971 g/mol. The van der Waals surface area contributed by atoms with Crippen molar-refractivity contribution in [2.75, 3.05) is 13.2 Å². The Labute approximate surface area is 496 Å². The Hall–Kier alpha value is -1.14. The summed E-state index contributed by atoms with van der Waals surface area (Å²) in [7, 11) is 0. The third kappa shape index (κ3) is 65.9. The number of rotatable bonds is 70. The van der Waals surface area contributed by atoms with Crippen molar-refractivity contribution < 1.29 is 24.5 Å². The highest BCUT2D eigenvalue weighted by atomic mass is 16.5.